The lowest BCUT2D eigenvalue weighted by Crippen LogP contribution is -2.25. The number of amides is 1. The van der Waals surface area contributed by atoms with Crippen molar-refractivity contribution in [2.45, 2.75) is 6.42 Å². The van der Waals surface area contributed by atoms with E-state index >= 15 is 0 Å². The minimum atomic E-state index is -0.0812. The van der Waals surface area contributed by atoms with Gasteiger partial charge in [0.1, 0.15) is 0 Å². The Labute approximate surface area is 148 Å². The van der Waals surface area contributed by atoms with E-state index in [-0.39, 0.29) is 5.91 Å². The van der Waals surface area contributed by atoms with Crippen LogP contribution in [0.3, 0.4) is 0 Å². The number of benzene rings is 2. The summed E-state index contributed by atoms with van der Waals surface area (Å²) < 4.78 is 0. The molecule has 0 spiro atoms. The average molecular weight is 348 g/mol. The van der Waals surface area contributed by atoms with Crippen molar-refractivity contribution in [3.63, 3.8) is 0 Å². The van der Waals surface area contributed by atoms with Crippen molar-refractivity contribution in [1.82, 2.24) is 20.3 Å². The lowest BCUT2D eigenvalue weighted by molar-refractivity contribution is 0.0954. The van der Waals surface area contributed by atoms with Crippen molar-refractivity contribution < 1.29 is 4.79 Å². The van der Waals surface area contributed by atoms with Crippen LogP contribution >= 0.6 is 11.3 Å². The van der Waals surface area contributed by atoms with Crippen LogP contribution in [0, 0.1) is 0 Å². The standard InChI is InChI=1S/C19H16N4OS/c24-19(14-6-7-15-16(10-14)22-11-21-15)20-9-8-17-18(23-12-25-17)13-4-2-1-3-5-13/h1-7,10-12H,8-9H2,(H,20,24)(H,21,22). The van der Waals surface area contributed by atoms with E-state index in [1.54, 1.807) is 23.7 Å². The summed E-state index contributed by atoms with van der Waals surface area (Å²) >= 11 is 1.62. The molecule has 0 aliphatic rings. The Kier molecular flexibility index (Phi) is 4.26. The molecule has 4 rings (SSSR count). The number of thiazole rings is 1. The summed E-state index contributed by atoms with van der Waals surface area (Å²) in [5.74, 6) is -0.0812. The molecule has 0 unspecified atom stereocenters. The molecule has 0 bridgehead atoms. The molecule has 0 fully saturated rings. The second-order valence-electron chi connectivity index (χ2n) is 5.63. The zero-order valence-corrected chi connectivity index (χ0v) is 14.2. The summed E-state index contributed by atoms with van der Waals surface area (Å²) in [6.45, 7) is 0.571. The Hall–Kier alpha value is -2.99. The molecule has 0 radical (unpaired) electrons. The number of imidazole rings is 1. The Bertz CT molecular complexity index is 1010. The number of carbonyl (C=O) groups is 1. The van der Waals surface area contributed by atoms with Gasteiger partial charge in [-0.1, -0.05) is 30.3 Å². The number of H-pyrrole nitrogens is 1. The van der Waals surface area contributed by atoms with E-state index in [4.69, 9.17) is 0 Å². The maximum Gasteiger partial charge on any atom is 0.251 e. The molecule has 2 heterocycles. The predicted octanol–water partition coefficient (Wildman–Crippen LogP) is 3.66. The van der Waals surface area contributed by atoms with Gasteiger partial charge in [-0.05, 0) is 18.2 Å². The lowest BCUT2D eigenvalue weighted by atomic mass is 10.1. The van der Waals surface area contributed by atoms with Crippen LogP contribution in [-0.4, -0.2) is 27.4 Å². The van der Waals surface area contributed by atoms with E-state index in [9.17, 15) is 4.79 Å². The molecule has 5 nitrogen and oxygen atoms in total. The molecular formula is C19H16N4OS. The molecule has 2 N–H and O–H groups in total. The van der Waals surface area contributed by atoms with Crippen LogP contribution in [0.1, 0.15) is 15.2 Å². The quantitative estimate of drug-likeness (QED) is 0.578. The lowest BCUT2D eigenvalue weighted by Gasteiger charge is -2.06. The van der Waals surface area contributed by atoms with Gasteiger partial charge in [0.15, 0.2) is 0 Å². The van der Waals surface area contributed by atoms with Crippen molar-refractivity contribution in [2.24, 2.45) is 0 Å². The van der Waals surface area contributed by atoms with Crippen molar-refractivity contribution in [3.05, 3.63) is 70.8 Å². The van der Waals surface area contributed by atoms with Gasteiger partial charge in [0.2, 0.25) is 0 Å². The van der Waals surface area contributed by atoms with Crippen LogP contribution in [-0.2, 0) is 6.42 Å². The molecule has 4 aromatic rings. The molecule has 0 aliphatic carbocycles. The summed E-state index contributed by atoms with van der Waals surface area (Å²) in [4.78, 5) is 25.2. The number of aromatic nitrogens is 3. The van der Waals surface area contributed by atoms with Crippen LogP contribution in [0.25, 0.3) is 22.3 Å². The highest BCUT2D eigenvalue weighted by Crippen LogP contribution is 2.25. The Morgan fingerprint density at radius 1 is 1.12 bits per heavy atom. The van der Waals surface area contributed by atoms with Gasteiger partial charge < -0.3 is 10.3 Å². The van der Waals surface area contributed by atoms with Gasteiger partial charge in [-0.3, -0.25) is 4.79 Å². The fourth-order valence-electron chi connectivity index (χ4n) is 2.75. The summed E-state index contributed by atoms with van der Waals surface area (Å²) in [6.07, 6.45) is 2.38. The van der Waals surface area contributed by atoms with Crippen LogP contribution in [0.15, 0.2) is 60.4 Å². The predicted molar refractivity (Wildman–Crippen MR) is 99.7 cm³/mol. The van der Waals surface area contributed by atoms with Crippen molar-refractivity contribution in [3.8, 4) is 11.3 Å². The molecule has 1 amide bonds. The fourth-order valence-corrected chi connectivity index (χ4v) is 3.54. The Balaban J connectivity index is 1.41. The largest absolute Gasteiger partial charge is 0.352 e. The third-order valence-corrected chi connectivity index (χ3v) is 4.90. The van der Waals surface area contributed by atoms with Gasteiger partial charge >= 0.3 is 0 Å². The topological polar surface area (TPSA) is 70.7 Å². The number of nitrogens with one attached hydrogen (secondary N) is 2. The number of fused-ring (bicyclic) bond motifs is 1. The van der Waals surface area contributed by atoms with E-state index < -0.39 is 0 Å². The highest BCUT2D eigenvalue weighted by atomic mass is 32.1. The molecule has 0 saturated heterocycles. The van der Waals surface area contributed by atoms with Gasteiger partial charge in [0.25, 0.3) is 5.91 Å². The van der Waals surface area contributed by atoms with Gasteiger partial charge in [-0.2, -0.15) is 0 Å². The number of hydrogen-bond acceptors (Lipinski definition) is 4. The van der Waals surface area contributed by atoms with E-state index in [1.165, 1.54) is 4.88 Å². The van der Waals surface area contributed by atoms with Crippen molar-refractivity contribution in [2.75, 3.05) is 6.54 Å². The van der Waals surface area contributed by atoms with Crippen LogP contribution < -0.4 is 5.32 Å². The normalized spacial score (nSPS) is 10.9. The first-order valence-corrected chi connectivity index (χ1v) is 8.88. The smallest absolute Gasteiger partial charge is 0.251 e. The molecule has 2 aromatic carbocycles. The molecule has 0 atom stereocenters. The maximum absolute atomic E-state index is 12.3. The van der Waals surface area contributed by atoms with E-state index in [0.29, 0.717) is 12.1 Å². The zero-order chi connectivity index (χ0) is 17.1. The van der Waals surface area contributed by atoms with Crippen LogP contribution in [0.4, 0.5) is 0 Å². The van der Waals surface area contributed by atoms with Crippen LogP contribution in [0.5, 0.6) is 0 Å². The third kappa shape index (κ3) is 3.29. The maximum atomic E-state index is 12.3. The highest BCUT2D eigenvalue weighted by Gasteiger charge is 2.10. The second-order valence-corrected chi connectivity index (χ2v) is 6.57. The van der Waals surface area contributed by atoms with Gasteiger partial charge in [-0.25, -0.2) is 9.97 Å². The third-order valence-electron chi connectivity index (χ3n) is 4.01. The number of nitrogens with zero attached hydrogens (tertiary/aromatic N) is 2. The monoisotopic (exact) mass is 348 g/mol. The number of carbonyl (C=O) groups excluding carboxylic acids is 1. The summed E-state index contributed by atoms with van der Waals surface area (Å²) in [7, 11) is 0. The highest BCUT2D eigenvalue weighted by molar-refractivity contribution is 7.10. The van der Waals surface area contributed by atoms with Crippen LogP contribution in [0.2, 0.25) is 0 Å². The molecule has 2 aromatic heterocycles. The molecule has 25 heavy (non-hydrogen) atoms. The van der Waals surface area contributed by atoms with E-state index in [1.807, 2.05) is 35.8 Å². The molecule has 0 aliphatic heterocycles. The first-order valence-electron chi connectivity index (χ1n) is 8.00. The van der Waals surface area contributed by atoms with Gasteiger partial charge in [0.05, 0.1) is 28.6 Å². The summed E-state index contributed by atoms with van der Waals surface area (Å²) in [6, 6.07) is 15.6. The summed E-state index contributed by atoms with van der Waals surface area (Å²) in [5.41, 5.74) is 6.30. The van der Waals surface area contributed by atoms with E-state index in [2.05, 4.69) is 32.4 Å². The average Bonchev–Trinajstić information content (AvgIpc) is 3.31. The number of rotatable bonds is 5. The second kappa shape index (κ2) is 6.86. The molecular weight excluding hydrogens is 332 g/mol. The van der Waals surface area contributed by atoms with Crippen molar-refractivity contribution in [1.29, 1.82) is 0 Å². The number of hydrogen-bond donors (Lipinski definition) is 2. The fraction of sp³-hybridized carbons (Fsp3) is 0.105. The SMILES string of the molecule is O=C(NCCc1scnc1-c1ccccc1)c1ccc2nc[nH]c2c1. The molecule has 124 valence electrons. The van der Waals surface area contributed by atoms with Gasteiger partial charge in [0, 0.05) is 29.0 Å². The minimum absolute atomic E-state index is 0.0812. The first kappa shape index (κ1) is 15.5. The summed E-state index contributed by atoms with van der Waals surface area (Å²) in [5, 5.41) is 2.98. The minimum Gasteiger partial charge on any atom is -0.352 e. The Morgan fingerprint density at radius 3 is 2.88 bits per heavy atom. The molecule has 0 saturated carbocycles. The van der Waals surface area contributed by atoms with E-state index in [0.717, 1.165) is 28.7 Å². The Morgan fingerprint density at radius 2 is 2.00 bits per heavy atom. The van der Waals surface area contributed by atoms with Gasteiger partial charge in [-0.15, -0.1) is 11.3 Å². The van der Waals surface area contributed by atoms with Crippen molar-refractivity contribution >= 4 is 28.3 Å². The number of aromatic amines is 1. The molecule has 6 heteroatoms. The first-order chi connectivity index (χ1) is 12.3. The zero-order valence-electron chi connectivity index (χ0n) is 13.4.